The normalized spacial score (nSPS) is 12.6. The number of carboxylic acid groups (broad SMARTS) is 1. The number of aromatic amines is 1. The van der Waals surface area contributed by atoms with E-state index in [0.29, 0.717) is 22.8 Å². The fourth-order valence-electron chi connectivity index (χ4n) is 3.93. The second-order valence-corrected chi connectivity index (χ2v) is 8.60. The maximum Gasteiger partial charge on any atom is 0.322 e. The molecule has 1 aromatic carbocycles. The summed E-state index contributed by atoms with van der Waals surface area (Å²) in [7, 11) is 0. The van der Waals surface area contributed by atoms with Crippen molar-refractivity contribution in [2.24, 2.45) is 0 Å². The summed E-state index contributed by atoms with van der Waals surface area (Å²) in [6.45, 7) is 3.47. The van der Waals surface area contributed by atoms with Gasteiger partial charge in [-0.1, -0.05) is 24.3 Å². The summed E-state index contributed by atoms with van der Waals surface area (Å²) >= 11 is 1.54. The Bertz CT molecular complexity index is 1260. The SMILES string of the molecule is Cc1n[nH]c(C)c1-c1ccc(Cn2c3c(c(O)c(C(=O)NCC(=O)O)c2=O)CSC3)cc1. The third-order valence-electron chi connectivity index (χ3n) is 5.48. The summed E-state index contributed by atoms with van der Waals surface area (Å²) in [6, 6.07) is 7.75. The number of H-pyrrole nitrogens is 1. The van der Waals surface area contributed by atoms with E-state index in [1.165, 1.54) is 16.3 Å². The summed E-state index contributed by atoms with van der Waals surface area (Å²) < 4.78 is 1.49. The number of hydrogen-bond donors (Lipinski definition) is 4. The summed E-state index contributed by atoms with van der Waals surface area (Å²) in [5.41, 5.74) is 4.92. The van der Waals surface area contributed by atoms with Gasteiger partial charge in [-0.15, -0.1) is 0 Å². The minimum Gasteiger partial charge on any atom is -0.507 e. The number of amides is 1. The van der Waals surface area contributed by atoms with Crippen molar-refractivity contribution in [1.82, 2.24) is 20.1 Å². The molecule has 0 fully saturated rings. The van der Waals surface area contributed by atoms with E-state index in [1.54, 1.807) is 0 Å². The predicted molar refractivity (Wildman–Crippen MR) is 120 cm³/mol. The second kappa shape index (κ2) is 8.54. The number of aromatic hydroxyl groups is 1. The lowest BCUT2D eigenvalue weighted by Gasteiger charge is -2.16. The first-order valence-corrected chi connectivity index (χ1v) is 11.1. The van der Waals surface area contributed by atoms with Gasteiger partial charge in [-0.05, 0) is 25.0 Å². The summed E-state index contributed by atoms with van der Waals surface area (Å²) in [4.78, 5) is 36.4. The molecule has 1 amide bonds. The quantitative estimate of drug-likeness (QED) is 0.448. The molecule has 4 rings (SSSR count). The van der Waals surface area contributed by atoms with Gasteiger partial charge in [-0.3, -0.25) is 19.5 Å². The van der Waals surface area contributed by atoms with Crippen molar-refractivity contribution in [2.45, 2.75) is 31.9 Å². The lowest BCUT2D eigenvalue weighted by Crippen LogP contribution is -2.37. The zero-order valence-corrected chi connectivity index (χ0v) is 18.4. The number of aliphatic carboxylic acids is 1. The number of thioether (sulfide) groups is 1. The Hall–Kier alpha value is -3.53. The standard InChI is InChI=1S/C22H22N4O5S/c1-11-18(12(2)25-24-11)14-5-3-13(4-6-14)8-26-16-10-32-9-15(16)20(29)19(22(26)31)21(30)23-7-17(27)28/h3-6,29H,7-10H2,1-2H3,(H,23,30)(H,24,25)(H,27,28). The second-order valence-electron chi connectivity index (χ2n) is 7.62. The highest BCUT2D eigenvalue weighted by atomic mass is 32.2. The van der Waals surface area contributed by atoms with Crippen LogP contribution in [0.1, 0.15) is 38.6 Å². The lowest BCUT2D eigenvalue weighted by molar-refractivity contribution is -0.135. The van der Waals surface area contributed by atoms with E-state index < -0.39 is 29.5 Å². The van der Waals surface area contributed by atoms with Crippen molar-refractivity contribution in [3.05, 3.63) is 68.4 Å². The molecule has 166 valence electrons. The van der Waals surface area contributed by atoms with Gasteiger partial charge in [0.2, 0.25) is 0 Å². The molecule has 3 aromatic rings. The number of fused-ring (bicyclic) bond motifs is 1. The summed E-state index contributed by atoms with van der Waals surface area (Å²) in [5.74, 6) is -1.49. The molecule has 1 aliphatic heterocycles. The van der Waals surface area contributed by atoms with Crippen LogP contribution in [0, 0.1) is 13.8 Å². The molecule has 0 saturated carbocycles. The molecular formula is C22H22N4O5S. The van der Waals surface area contributed by atoms with Crippen molar-refractivity contribution in [3.8, 4) is 16.9 Å². The number of aryl methyl sites for hydroxylation is 2. The third-order valence-corrected chi connectivity index (χ3v) is 6.45. The molecule has 2 aromatic heterocycles. The smallest absolute Gasteiger partial charge is 0.322 e. The Kier molecular flexibility index (Phi) is 5.79. The van der Waals surface area contributed by atoms with Crippen molar-refractivity contribution < 1.29 is 19.8 Å². The van der Waals surface area contributed by atoms with E-state index in [4.69, 9.17) is 5.11 Å². The van der Waals surface area contributed by atoms with Crippen LogP contribution in [0.3, 0.4) is 0 Å². The lowest BCUT2D eigenvalue weighted by atomic mass is 10.0. The monoisotopic (exact) mass is 454 g/mol. The molecule has 0 radical (unpaired) electrons. The van der Waals surface area contributed by atoms with Gasteiger partial charge in [-0.2, -0.15) is 16.9 Å². The van der Waals surface area contributed by atoms with Gasteiger partial charge in [0, 0.05) is 34.0 Å². The minimum absolute atomic E-state index is 0.227. The molecule has 0 atom stereocenters. The van der Waals surface area contributed by atoms with E-state index in [2.05, 4.69) is 15.5 Å². The molecular weight excluding hydrogens is 432 g/mol. The van der Waals surface area contributed by atoms with Gasteiger partial charge in [-0.25, -0.2) is 0 Å². The fraction of sp³-hybridized carbons (Fsp3) is 0.273. The van der Waals surface area contributed by atoms with Crippen molar-refractivity contribution in [1.29, 1.82) is 0 Å². The number of aromatic nitrogens is 3. The molecule has 3 heterocycles. The molecule has 0 bridgehead atoms. The number of carbonyl (C=O) groups is 2. The Morgan fingerprint density at radius 3 is 2.56 bits per heavy atom. The van der Waals surface area contributed by atoms with Crippen LogP contribution in [0.4, 0.5) is 0 Å². The molecule has 9 nitrogen and oxygen atoms in total. The van der Waals surface area contributed by atoms with Crippen molar-refractivity contribution in [3.63, 3.8) is 0 Å². The highest BCUT2D eigenvalue weighted by molar-refractivity contribution is 7.98. The summed E-state index contributed by atoms with van der Waals surface area (Å²) in [5, 5.41) is 28.7. The number of hydrogen-bond acceptors (Lipinski definition) is 6. The van der Waals surface area contributed by atoms with Crippen LogP contribution in [0.15, 0.2) is 29.1 Å². The highest BCUT2D eigenvalue weighted by Gasteiger charge is 2.28. The number of nitrogens with one attached hydrogen (secondary N) is 2. The van der Waals surface area contributed by atoms with Crippen LogP contribution in [-0.2, 0) is 22.8 Å². The maximum atomic E-state index is 13.2. The zero-order valence-electron chi connectivity index (χ0n) is 17.6. The van der Waals surface area contributed by atoms with Crippen LogP contribution in [0.5, 0.6) is 5.75 Å². The Labute approximate surface area is 187 Å². The molecule has 0 saturated heterocycles. The number of pyridine rings is 1. The largest absolute Gasteiger partial charge is 0.507 e. The number of benzene rings is 1. The van der Waals surface area contributed by atoms with Gasteiger partial charge in [0.25, 0.3) is 11.5 Å². The average molecular weight is 455 g/mol. The predicted octanol–water partition coefficient (Wildman–Crippen LogP) is 2.17. The van der Waals surface area contributed by atoms with Crippen molar-refractivity contribution >= 4 is 23.6 Å². The molecule has 0 unspecified atom stereocenters. The first kappa shape index (κ1) is 21.7. The Morgan fingerprint density at radius 2 is 1.94 bits per heavy atom. The van der Waals surface area contributed by atoms with Crippen LogP contribution < -0.4 is 10.9 Å². The fourth-order valence-corrected chi connectivity index (χ4v) is 5.06. The Morgan fingerprint density at radius 1 is 1.22 bits per heavy atom. The molecule has 4 N–H and O–H groups in total. The van der Waals surface area contributed by atoms with Crippen LogP contribution in [-0.4, -0.2) is 43.4 Å². The summed E-state index contributed by atoms with van der Waals surface area (Å²) in [6.07, 6.45) is 0. The maximum absolute atomic E-state index is 13.2. The van der Waals surface area contributed by atoms with E-state index >= 15 is 0 Å². The molecule has 1 aliphatic rings. The first-order chi connectivity index (χ1) is 15.3. The van der Waals surface area contributed by atoms with Gasteiger partial charge in [0.05, 0.1) is 12.2 Å². The number of rotatable bonds is 6. The third kappa shape index (κ3) is 3.89. The molecule has 32 heavy (non-hydrogen) atoms. The van der Waals surface area contributed by atoms with E-state index in [-0.39, 0.29) is 12.3 Å². The van der Waals surface area contributed by atoms with Crippen LogP contribution >= 0.6 is 11.8 Å². The topological polar surface area (TPSA) is 137 Å². The first-order valence-electron chi connectivity index (χ1n) is 9.94. The average Bonchev–Trinajstić information content (AvgIpc) is 3.37. The molecule has 0 spiro atoms. The van der Waals surface area contributed by atoms with E-state index in [0.717, 1.165) is 28.1 Å². The van der Waals surface area contributed by atoms with E-state index in [1.807, 2.05) is 38.1 Å². The van der Waals surface area contributed by atoms with Gasteiger partial charge in [0.1, 0.15) is 17.9 Å². The Balaban J connectivity index is 1.70. The molecule has 10 heteroatoms. The molecule has 0 aliphatic carbocycles. The van der Waals surface area contributed by atoms with E-state index in [9.17, 15) is 19.5 Å². The van der Waals surface area contributed by atoms with Crippen molar-refractivity contribution in [2.75, 3.05) is 6.54 Å². The van der Waals surface area contributed by atoms with Crippen LogP contribution in [0.25, 0.3) is 11.1 Å². The minimum atomic E-state index is -1.24. The van der Waals surface area contributed by atoms with Gasteiger partial charge in [0.15, 0.2) is 0 Å². The number of carbonyl (C=O) groups excluding carboxylic acids is 1. The van der Waals surface area contributed by atoms with Gasteiger partial charge >= 0.3 is 5.97 Å². The number of nitrogens with zero attached hydrogens (tertiary/aromatic N) is 2. The zero-order chi connectivity index (χ0) is 23.0. The van der Waals surface area contributed by atoms with Gasteiger partial charge < -0.3 is 20.1 Å². The number of carboxylic acids is 1. The van der Waals surface area contributed by atoms with Crippen LogP contribution in [0.2, 0.25) is 0 Å². The highest BCUT2D eigenvalue weighted by Crippen LogP contribution is 2.36.